The fourth-order valence-electron chi connectivity index (χ4n) is 2.58. The van der Waals surface area contributed by atoms with E-state index in [4.69, 9.17) is 0 Å². The van der Waals surface area contributed by atoms with Gasteiger partial charge in [0, 0.05) is 5.69 Å². The van der Waals surface area contributed by atoms with Gasteiger partial charge in [-0.2, -0.15) is 0 Å². The van der Waals surface area contributed by atoms with Gasteiger partial charge < -0.3 is 10.1 Å². The molecular weight excluding hydrogens is 354 g/mol. The summed E-state index contributed by atoms with van der Waals surface area (Å²) in [5.41, 5.74) is 1.83. The van der Waals surface area contributed by atoms with Gasteiger partial charge in [-0.05, 0) is 31.0 Å². The summed E-state index contributed by atoms with van der Waals surface area (Å²) in [5.74, 6) is -0.836. The van der Waals surface area contributed by atoms with Crippen LogP contribution >= 0.6 is 11.3 Å². The number of carbonyl (C=O) groups is 2. The molecule has 0 radical (unpaired) electrons. The first-order valence-corrected chi connectivity index (χ1v) is 8.66. The summed E-state index contributed by atoms with van der Waals surface area (Å²) in [6, 6.07) is 7.45. The molecule has 134 valence electrons. The standard InChI is InChI=1S/C18H17N3O4S/c1-10-6-4-5-7-12(10)20-16(23)15-11(2)14-17(26-15)19-9-21(18(14)24)8-13(22)25-3/h4-7,9H,8H2,1-3H3,(H,20,23). The van der Waals surface area contributed by atoms with E-state index >= 15 is 0 Å². The number of ether oxygens (including phenoxy) is 1. The Balaban J connectivity index is 2.00. The summed E-state index contributed by atoms with van der Waals surface area (Å²) in [4.78, 5) is 41.8. The summed E-state index contributed by atoms with van der Waals surface area (Å²) in [6.07, 6.45) is 1.29. The van der Waals surface area contributed by atoms with Crippen molar-refractivity contribution in [2.75, 3.05) is 12.4 Å². The van der Waals surface area contributed by atoms with Crippen LogP contribution in [0.4, 0.5) is 5.69 Å². The normalized spacial score (nSPS) is 10.7. The predicted octanol–water partition coefficient (Wildman–Crippen LogP) is 2.50. The van der Waals surface area contributed by atoms with Crippen molar-refractivity contribution in [3.05, 3.63) is 57.0 Å². The van der Waals surface area contributed by atoms with Crippen molar-refractivity contribution < 1.29 is 14.3 Å². The Kier molecular flexibility index (Phi) is 4.85. The molecule has 0 spiro atoms. The number of rotatable bonds is 4. The number of esters is 1. The summed E-state index contributed by atoms with van der Waals surface area (Å²) in [5, 5.41) is 3.21. The van der Waals surface area contributed by atoms with Gasteiger partial charge >= 0.3 is 5.97 Å². The lowest BCUT2D eigenvalue weighted by molar-refractivity contribution is -0.141. The molecule has 0 saturated heterocycles. The SMILES string of the molecule is COC(=O)Cn1cnc2sc(C(=O)Nc3ccccc3C)c(C)c2c1=O. The van der Waals surface area contributed by atoms with Gasteiger partial charge in [0.15, 0.2) is 0 Å². The Hall–Kier alpha value is -3.00. The van der Waals surface area contributed by atoms with Gasteiger partial charge in [-0.3, -0.25) is 19.0 Å². The van der Waals surface area contributed by atoms with E-state index in [9.17, 15) is 14.4 Å². The predicted molar refractivity (Wildman–Crippen MR) is 99.8 cm³/mol. The minimum absolute atomic E-state index is 0.224. The van der Waals surface area contributed by atoms with E-state index in [1.54, 1.807) is 6.92 Å². The molecule has 8 heteroatoms. The number of benzene rings is 1. The van der Waals surface area contributed by atoms with Crippen molar-refractivity contribution in [1.29, 1.82) is 0 Å². The maximum absolute atomic E-state index is 12.7. The Bertz CT molecular complexity index is 1070. The number of methoxy groups -OCH3 is 1. The van der Waals surface area contributed by atoms with Gasteiger partial charge in [0.1, 0.15) is 11.4 Å². The second-order valence-electron chi connectivity index (χ2n) is 5.76. The van der Waals surface area contributed by atoms with Crippen LogP contribution in [0.15, 0.2) is 35.4 Å². The molecule has 26 heavy (non-hydrogen) atoms. The second kappa shape index (κ2) is 7.09. The number of carbonyl (C=O) groups excluding carboxylic acids is 2. The fourth-order valence-corrected chi connectivity index (χ4v) is 3.62. The highest BCUT2D eigenvalue weighted by molar-refractivity contribution is 7.20. The Morgan fingerprint density at radius 2 is 2.00 bits per heavy atom. The molecule has 0 aliphatic rings. The lowest BCUT2D eigenvalue weighted by Gasteiger charge is -2.07. The van der Waals surface area contributed by atoms with Crippen LogP contribution in [-0.2, 0) is 16.1 Å². The zero-order valence-corrected chi connectivity index (χ0v) is 15.3. The fraction of sp³-hybridized carbons (Fsp3) is 0.222. The van der Waals surface area contributed by atoms with Crippen LogP contribution in [0.25, 0.3) is 10.2 Å². The highest BCUT2D eigenvalue weighted by atomic mass is 32.1. The maximum Gasteiger partial charge on any atom is 0.325 e. The molecule has 0 bridgehead atoms. The molecule has 1 aromatic carbocycles. The number of hydrogen-bond donors (Lipinski definition) is 1. The largest absolute Gasteiger partial charge is 0.468 e. The van der Waals surface area contributed by atoms with Crippen molar-refractivity contribution >= 4 is 39.1 Å². The Morgan fingerprint density at radius 1 is 1.27 bits per heavy atom. The van der Waals surface area contributed by atoms with E-state index in [-0.39, 0.29) is 18.0 Å². The smallest absolute Gasteiger partial charge is 0.325 e. The van der Waals surface area contributed by atoms with Crippen LogP contribution < -0.4 is 10.9 Å². The molecular formula is C18H17N3O4S. The van der Waals surface area contributed by atoms with Crippen molar-refractivity contribution in [2.24, 2.45) is 0 Å². The van der Waals surface area contributed by atoms with E-state index in [0.29, 0.717) is 26.3 Å². The molecule has 0 saturated carbocycles. The van der Waals surface area contributed by atoms with Crippen molar-refractivity contribution in [3.8, 4) is 0 Å². The lowest BCUT2D eigenvalue weighted by atomic mass is 10.2. The molecule has 3 aromatic rings. The molecule has 0 aliphatic carbocycles. The molecule has 1 N–H and O–H groups in total. The first kappa shape index (κ1) is 17.8. The molecule has 7 nitrogen and oxygen atoms in total. The summed E-state index contributed by atoms with van der Waals surface area (Å²) in [6.45, 7) is 3.38. The highest BCUT2D eigenvalue weighted by Gasteiger charge is 2.20. The number of thiophene rings is 1. The number of hydrogen-bond acceptors (Lipinski definition) is 6. The van der Waals surface area contributed by atoms with Crippen molar-refractivity contribution in [3.63, 3.8) is 0 Å². The average molecular weight is 371 g/mol. The van der Waals surface area contributed by atoms with E-state index in [1.807, 2.05) is 31.2 Å². The van der Waals surface area contributed by atoms with Gasteiger partial charge in [0.2, 0.25) is 0 Å². The third kappa shape index (κ3) is 3.23. The zero-order chi connectivity index (χ0) is 18.8. The monoisotopic (exact) mass is 371 g/mol. The second-order valence-corrected chi connectivity index (χ2v) is 6.76. The van der Waals surface area contributed by atoms with Gasteiger partial charge in [-0.15, -0.1) is 11.3 Å². The first-order chi connectivity index (χ1) is 12.4. The lowest BCUT2D eigenvalue weighted by Crippen LogP contribution is -2.25. The highest BCUT2D eigenvalue weighted by Crippen LogP contribution is 2.28. The number of amides is 1. The van der Waals surface area contributed by atoms with Crippen LogP contribution in [0, 0.1) is 13.8 Å². The van der Waals surface area contributed by atoms with Crippen LogP contribution in [0.5, 0.6) is 0 Å². The van der Waals surface area contributed by atoms with E-state index in [2.05, 4.69) is 15.0 Å². The van der Waals surface area contributed by atoms with Gasteiger partial charge in [-0.1, -0.05) is 18.2 Å². The first-order valence-electron chi connectivity index (χ1n) is 7.84. The summed E-state index contributed by atoms with van der Waals surface area (Å²) >= 11 is 1.15. The Morgan fingerprint density at radius 3 is 2.69 bits per heavy atom. The minimum Gasteiger partial charge on any atom is -0.468 e. The van der Waals surface area contributed by atoms with E-state index < -0.39 is 5.97 Å². The number of nitrogens with zero attached hydrogens (tertiary/aromatic N) is 2. The van der Waals surface area contributed by atoms with Crippen LogP contribution in [-0.4, -0.2) is 28.5 Å². The number of fused-ring (bicyclic) bond motifs is 1. The van der Waals surface area contributed by atoms with Gasteiger partial charge in [-0.25, -0.2) is 4.98 Å². The minimum atomic E-state index is -0.543. The number of nitrogens with one attached hydrogen (secondary N) is 1. The van der Waals surface area contributed by atoms with Gasteiger partial charge in [0.25, 0.3) is 11.5 Å². The number of aromatic nitrogens is 2. The maximum atomic E-state index is 12.7. The molecule has 0 aliphatic heterocycles. The Labute approximate surface area is 153 Å². The zero-order valence-electron chi connectivity index (χ0n) is 14.5. The van der Waals surface area contributed by atoms with E-state index in [1.165, 1.54) is 18.0 Å². The van der Waals surface area contributed by atoms with Crippen LogP contribution in [0.1, 0.15) is 20.8 Å². The molecule has 0 unspecified atom stereocenters. The van der Waals surface area contributed by atoms with E-state index in [0.717, 1.165) is 16.9 Å². The third-order valence-corrected chi connectivity index (χ3v) is 5.24. The quantitative estimate of drug-likeness (QED) is 0.712. The average Bonchev–Trinajstić information content (AvgIpc) is 2.96. The summed E-state index contributed by atoms with van der Waals surface area (Å²) in [7, 11) is 1.25. The molecule has 3 rings (SSSR count). The number of aryl methyl sites for hydroxylation is 2. The number of anilines is 1. The number of para-hydroxylation sites is 1. The molecule has 1 amide bonds. The molecule has 0 fully saturated rings. The van der Waals surface area contributed by atoms with Crippen LogP contribution in [0.2, 0.25) is 0 Å². The van der Waals surface area contributed by atoms with Crippen molar-refractivity contribution in [2.45, 2.75) is 20.4 Å². The topological polar surface area (TPSA) is 90.3 Å². The van der Waals surface area contributed by atoms with Gasteiger partial charge in [0.05, 0.1) is 23.7 Å². The van der Waals surface area contributed by atoms with Crippen LogP contribution in [0.3, 0.4) is 0 Å². The molecule has 2 heterocycles. The third-order valence-electron chi connectivity index (χ3n) is 4.04. The molecule has 2 aromatic heterocycles. The molecule has 0 atom stereocenters. The van der Waals surface area contributed by atoms with Crippen molar-refractivity contribution in [1.82, 2.24) is 9.55 Å². The summed E-state index contributed by atoms with van der Waals surface area (Å²) < 4.78 is 5.76.